The fraction of sp³-hybridized carbons (Fsp3) is 0.318. The average Bonchev–Trinajstić information content (AvgIpc) is 2.65. The highest BCUT2D eigenvalue weighted by Gasteiger charge is 2.48. The van der Waals surface area contributed by atoms with Crippen LogP contribution in [0.5, 0.6) is 5.75 Å². The number of rotatable bonds is 6. The Balaban J connectivity index is 2.05. The van der Waals surface area contributed by atoms with Crippen LogP contribution in [0, 0.1) is 0 Å². The van der Waals surface area contributed by atoms with Crippen molar-refractivity contribution in [1.29, 1.82) is 0 Å². The maximum atomic E-state index is 13.3. The van der Waals surface area contributed by atoms with Crippen LogP contribution in [0.15, 0.2) is 48.0 Å². The number of benzene rings is 2. The maximum absolute atomic E-state index is 13.3. The van der Waals surface area contributed by atoms with Gasteiger partial charge in [-0.2, -0.15) is 13.2 Å². The molecule has 3 nitrogen and oxygen atoms in total. The average molecular weight is 390 g/mol. The molecule has 0 bridgehead atoms. The number of carbonyl (C=O) groups is 1. The molecule has 2 aromatic rings. The number of ether oxygens (including phenoxy) is 1. The minimum absolute atomic E-state index is 0.0681. The van der Waals surface area contributed by atoms with Crippen molar-refractivity contribution in [2.24, 2.45) is 0 Å². The van der Waals surface area contributed by atoms with Gasteiger partial charge in [0.15, 0.2) is 0 Å². The van der Waals surface area contributed by atoms with Crippen molar-refractivity contribution >= 4 is 12.0 Å². The van der Waals surface area contributed by atoms with E-state index in [0.717, 1.165) is 42.0 Å². The first-order valence-electron chi connectivity index (χ1n) is 9.17. The van der Waals surface area contributed by atoms with Crippen molar-refractivity contribution in [2.75, 3.05) is 0 Å². The zero-order valence-electron chi connectivity index (χ0n) is 15.4. The number of aryl methyl sites for hydroxylation is 1. The fourth-order valence-corrected chi connectivity index (χ4v) is 3.33. The standard InChI is InChI=1S/C22H21F3O3/c1-2-3-9-15-11-17-12-18(21(26)27)20(22(23,24)25)28-19(17)13-16(15)10-14-7-5-4-6-8-14/h4-8,11-13,20H,2-3,9-10H2,1H3,(H,26,27). The van der Waals surface area contributed by atoms with Gasteiger partial charge in [-0.25, -0.2) is 4.79 Å². The molecule has 28 heavy (non-hydrogen) atoms. The fourth-order valence-electron chi connectivity index (χ4n) is 3.33. The van der Waals surface area contributed by atoms with E-state index >= 15 is 0 Å². The molecule has 1 heterocycles. The number of hydrogen-bond donors (Lipinski definition) is 1. The van der Waals surface area contributed by atoms with Gasteiger partial charge in [0.2, 0.25) is 6.10 Å². The molecular formula is C22H21F3O3. The number of fused-ring (bicyclic) bond motifs is 1. The molecule has 1 aliphatic rings. The third kappa shape index (κ3) is 4.38. The first-order chi connectivity index (χ1) is 13.3. The molecule has 148 valence electrons. The second-order valence-corrected chi connectivity index (χ2v) is 6.87. The summed E-state index contributed by atoms with van der Waals surface area (Å²) < 4.78 is 45.1. The Labute approximate surface area is 161 Å². The second kappa shape index (κ2) is 8.09. The Morgan fingerprint density at radius 2 is 1.86 bits per heavy atom. The van der Waals surface area contributed by atoms with Crippen molar-refractivity contribution in [3.05, 3.63) is 70.3 Å². The SMILES string of the molecule is CCCCc1cc2c(cc1Cc1ccccc1)OC(C(F)(F)F)C(C(=O)O)=C2. The lowest BCUT2D eigenvalue weighted by atomic mass is 9.91. The molecular weight excluding hydrogens is 369 g/mol. The molecule has 0 saturated heterocycles. The minimum atomic E-state index is -4.80. The van der Waals surface area contributed by atoms with E-state index in [4.69, 9.17) is 4.74 Å². The highest BCUT2D eigenvalue weighted by atomic mass is 19.4. The van der Waals surface area contributed by atoms with Crippen molar-refractivity contribution in [3.8, 4) is 5.75 Å². The molecule has 3 rings (SSSR count). The van der Waals surface area contributed by atoms with E-state index in [0.29, 0.717) is 12.0 Å². The van der Waals surface area contributed by atoms with Gasteiger partial charge in [0.05, 0.1) is 5.57 Å². The summed E-state index contributed by atoms with van der Waals surface area (Å²) in [5.74, 6) is -1.56. The number of carboxylic acid groups (broad SMARTS) is 1. The minimum Gasteiger partial charge on any atom is -0.478 e. The maximum Gasteiger partial charge on any atom is 0.430 e. The van der Waals surface area contributed by atoms with Gasteiger partial charge in [-0.05, 0) is 54.2 Å². The van der Waals surface area contributed by atoms with Crippen LogP contribution in [0.1, 0.15) is 42.0 Å². The summed E-state index contributed by atoms with van der Waals surface area (Å²) in [5, 5.41) is 9.21. The van der Waals surface area contributed by atoms with Crippen LogP contribution in [0.2, 0.25) is 0 Å². The zero-order valence-corrected chi connectivity index (χ0v) is 15.4. The van der Waals surface area contributed by atoms with Crippen LogP contribution in [0.25, 0.3) is 6.08 Å². The topological polar surface area (TPSA) is 46.5 Å². The molecule has 0 amide bonds. The van der Waals surface area contributed by atoms with Crippen LogP contribution in [-0.2, 0) is 17.6 Å². The first kappa shape index (κ1) is 20.0. The Kier molecular flexibility index (Phi) is 5.77. The molecule has 1 N–H and O–H groups in total. The summed E-state index contributed by atoms with van der Waals surface area (Å²) in [5.41, 5.74) is 2.52. The van der Waals surface area contributed by atoms with Gasteiger partial charge in [-0.1, -0.05) is 43.7 Å². The van der Waals surface area contributed by atoms with E-state index in [1.807, 2.05) is 30.3 Å². The Morgan fingerprint density at radius 1 is 1.14 bits per heavy atom. The number of hydrogen-bond acceptors (Lipinski definition) is 2. The van der Waals surface area contributed by atoms with E-state index in [9.17, 15) is 23.1 Å². The van der Waals surface area contributed by atoms with Gasteiger partial charge in [-0.15, -0.1) is 0 Å². The van der Waals surface area contributed by atoms with Crippen molar-refractivity contribution in [1.82, 2.24) is 0 Å². The summed E-state index contributed by atoms with van der Waals surface area (Å²) in [7, 11) is 0. The predicted molar refractivity (Wildman–Crippen MR) is 100 cm³/mol. The van der Waals surface area contributed by atoms with Gasteiger partial charge in [0, 0.05) is 5.56 Å². The summed E-state index contributed by atoms with van der Waals surface area (Å²) in [6.07, 6.45) is -2.94. The van der Waals surface area contributed by atoms with Crippen molar-refractivity contribution < 1.29 is 27.8 Å². The Morgan fingerprint density at radius 3 is 2.46 bits per heavy atom. The summed E-state index contributed by atoms with van der Waals surface area (Å²) in [4.78, 5) is 11.3. The van der Waals surface area contributed by atoms with E-state index in [2.05, 4.69) is 6.92 Å². The van der Waals surface area contributed by atoms with Crippen LogP contribution in [-0.4, -0.2) is 23.4 Å². The summed E-state index contributed by atoms with van der Waals surface area (Å²) in [6.45, 7) is 2.06. The Hall–Kier alpha value is -2.76. The van der Waals surface area contributed by atoms with Gasteiger partial charge >= 0.3 is 12.1 Å². The summed E-state index contributed by atoms with van der Waals surface area (Å²) in [6, 6.07) is 13.0. The highest BCUT2D eigenvalue weighted by Crippen LogP contribution is 2.39. The normalized spacial score (nSPS) is 16.1. The number of alkyl halides is 3. The molecule has 1 aliphatic heterocycles. The molecule has 0 aromatic heterocycles. The van der Waals surface area contributed by atoms with Crippen molar-refractivity contribution in [3.63, 3.8) is 0 Å². The van der Waals surface area contributed by atoms with Gasteiger partial charge in [-0.3, -0.25) is 0 Å². The van der Waals surface area contributed by atoms with Crippen LogP contribution < -0.4 is 4.74 Å². The monoisotopic (exact) mass is 390 g/mol. The third-order valence-electron chi connectivity index (χ3n) is 4.75. The predicted octanol–water partition coefficient (Wildman–Crippen LogP) is 5.41. The van der Waals surface area contributed by atoms with Crippen LogP contribution in [0.4, 0.5) is 13.2 Å². The first-order valence-corrected chi connectivity index (χ1v) is 9.17. The lowest BCUT2D eigenvalue weighted by molar-refractivity contribution is -0.187. The second-order valence-electron chi connectivity index (χ2n) is 6.87. The van der Waals surface area contributed by atoms with Crippen molar-refractivity contribution in [2.45, 2.75) is 44.9 Å². The van der Waals surface area contributed by atoms with Gasteiger partial charge in [0.1, 0.15) is 5.75 Å². The number of carboxylic acids is 1. The van der Waals surface area contributed by atoms with Crippen LogP contribution >= 0.6 is 0 Å². The van der Waals surface area contributed by atoms with Crippen LogP contribution in [0.3, 0.4) is 0 Å². The van der Waals surface area contributed by atoms with Gasteiger partial charge in [0.25, 0.3) is 0 Å². The summed E-state index contributed by atoms with van der Waals surface area (Å²) >= 11 is 0. The molecule has 0 saturated carbocycles. The zero-order chi connectivity index (χ0) is 20.3. The smallest absolute Gasteiger partial charge is 0.430 e. The van der Waals surface area contributed by atoms with Gasteiger partial charge < -0.3 is 9.84 Å². The third-order valence-corrected chi connectivity index (χ3v) is 4.75. The quantitative estimate of drug-likeness (QED) is 0.717. The molecule has 0 aliphatic carbocycles. The lowest BCUT2D eigenvalue weighted by Crippen LogP contribution is -2.40. The molecule has 0 radical (unpaired) electrons. The van der Waals surface area contributed by atoms with E-state index in [-0.39, 0.29) is 5.75 Å². The molecule has 2 aromatic carbocycles. The van der Waals surface area contributed by atoms with E-state index in [1.165, 1.54) is 0 Å². The molecule has 1 atom stereocenters. The lowest BCUT2D eigenvalue weighted by Gasteiger charge is -2.28. The Bertz CT molecular complexity index is 886. The number of halogens is 3. The molecule has 1 unspecified atom stereocenters. The molecule has 6 heteroatoms. The molecule has 0 fully saturated rings. The van der Waals surface area contributed by atoms with E-state index < -0.39 is 23.8 Å². The van der Waals surface area contributed by atoms with E-state index in [1.54, 1.807) is 12.1 Å². The number of aliphatic carboxylic acids is 1. The largest absolute Gasteiger partial charge is 0.478 e. The number of unbranched alkanes of at least 4 members (excludes halogenated alkanes) is 1. The highest BCUT2D eigenvalue weighted by molar-refractivity contribution is 5.95. The molecule has 0 spiro atoms.